The molecule has 5 nitrogen and oxygen atoms in total. The Labute approximate surface area is 117 Å². The Morgan fingerprint density at radius 3 is 2.55 bits per heavy atom. The first-order valence-corrected chi connectivity index (χ1v) is 6.41. The molecule has 0 aliphatic rings. The molecule has 0 amide bonds. The molecule has 0 atom stereocenters. The zero-order valence-electron chi connectivity index (χ0n) is 12.0. The van der Waals surface area contributed by atoms with E-state index in [9.17, 15) is 4.79 Å². The number of H-pyrrole nitrogens is 1. The normalized spacial score (nSPS) is 10.8. The number of aromatic carboxylic acids is 1. The van der Waals surface area contributed by atoms with E-state index >= 15 is 0 Å². The van der Waals surface area contributed by atoms with Gasteiger partial charge in [0.25, 0.3) is 0 Å². The van der Waals surface area contributed by atoms with Crippen LogP contribution in [-0.4, -0.2) is 28.4 Å². The van der Waals surface area contributed by atoms with Gasteiger partial charge in [-0.25, -0.2) is 4.79 Å². The van der Waals surface area contributed by atoms with Crippen molar-refractivity contribution in [3.05, 3.63) is 35.0 Å². The van der Waals surface area contributed by atoms with E-state index in [-0.39, 0.29) is 5.69 Å². The third-order valence-corrected chi connectivity index (χ3v) is 3.28. The number of aryl methyl sites for hydroxylation is 1. The Bertz CT molecular complexity index is 645. The van der Waals surface area contributed by atoms with Crippen molar-refractivity contribution >= 4 is 5.97 Å². The summed E-state index contributed by atoms with van der Waals surface area (Å²) in [4.78, 5) is 10.9. The zero-order chi connectivity index (χ0) is 14.9. The van der Waals surface area contributed by atoms with E-state index in [0.29, 0.717) is 11.6 Å². The predicted octanol–water partition coefficient (Wildman–Crippen LogP) is 3.22. The lowest BCUT2D eigenvalue weighted by atomic mass is 9.95. The molecular formula is C15H18N2O3. The molecule has 1 heterocycles. The summed E-state index contributed by atoms with van der Waals surface area (Å²) < 4.78 is 5.40. The lowest BCUT2D eigenvalue weighted by Crippen LogP contribution is -1.97. The highest BCUT2D eigenvalue weighted by Crippen LogP contribution is 2.33. The number of hydrogen-bond acceptors (Lipinski definition) is 3. The maximum Gasteiger partial charge on any atom is 0.353 e. The number of nitrogens with one attached hydrogen (secondary N) is 1. The van der Waals surface area contributed by atoms with Gasteiger partial charge in [-0.2, -0.15) is 5.10 Å². The van der Waals surface area contributed by atoms with Crippen LogP contribution in [-0.2, 0) is 0 Å². The van der Waals surface area contributed by atoms with Crippen LogP contribution in [0.3, 0.4) is 0 Å². The molecule has 2 aromatic rings. The first-order chi connectivity index (χ1) is 9.43. The number of carboxylic acid groups (broad SMARTS) is 1. The second kappa shape index (κ2) is 5.36. The summed E-state index contributed by atoms with van der Waals surface area (Å²) in [6.45, 7) is 6.13. The van der Waals surface area contributed by atoms with Crippen molar-refractivity contribution < 1.29 is 14.6 Å². The van der Waals surface area contributed by atoms with Crippen molar-refractivity contribution in [2.24, 2.45) is 0 Å². The average Bonchev–Trinajstić information content (AvgIpc) is 2.87. The molecule has 20 heavy (non-hydrogen) atoms. The van der Waals surface area contributed by atoms with Crippen LogP contribution < -0.4 is 4.74 Å². The molecule has 0 aliphatic carbocycles. The van der Waals surface area contributed by atoms with Gasteiger partial charge >= 0.3 is 5.97 Å². The fraction of sp³-hybridized carbons (Fsp3) is 0.333. The monoisotopic (exact) mass is 274 g/mol. The Kier molecular flexibility index (Phi) is 3.79. The lowest BCUT2D eigenvalue weighted by Gasteiger charge is -2.15. The smallest absolute Gasteiger partial charge is 0.353 e. The van der Waals surface area contributed by atoms with Gasteiger partial charge in [-0.1, -0.05) is 13.8 Å². The molecule has 0 aliphatic heterocycles. The van der Waals surface area contributed by atoms with Crippen molar-refractivity contribution in [1.82, 2.24) is 10.2 Å². The van der Waals surface area contributed by atoms with Crippen molar-refractivity contribution in [2.75, 3.05) is 7.11 Å². The first-order valence-electron chi connectivity index (χ1n) is 6.41. The zero-order valence-corrected chi connectivity index (χ0v) is 12.0. The van der Waals surface area contributed by atoms with Gasteiger partial charge in [0.2, 0.25) is 0 Å². The van der Waals surface area contributed by atoms with Crippen LogP contribution >= 0.6 is 0 Å². The molecule has 0 radical (unpaired) electrons. The minimum absolute atomic E-state index is 0.0846. The summed E-state index contributed by atoms with van der Waals surface area (Å²) in [5.41, 5.74) is 3.70. The summed E-state index contributed by atoms with van der Waals surface area (Å²) in [5.74, 6) is 0.136. The number of carboxylic acids is 1. The van der Waals surface area contributed by atoms with Crippen LogP contribution in [0.2, 0.25) is 0 Å². The van der Waals surface area contributed by atoms with E-state index in [0.717, 1.165) is 22.4 Å². The molecule has 0 fully saturated rings. The highest BCUT2D eigenvalue weighted by molar-refractivity contribution is 5.87. The Morgan fingerprint density at radius 1 is 1.35 bits per heavy atom. The number of nitrogens with zero attached hydrogens (tertiary/aromatic N) is 1. The molecule has 0 unspecified atom stereocenters. The maximum atomic E-state index is 10.9. The molecule has 0 spiro atoms. The number of ether oxygens (including phenoxy) is 1. The maximum absolute atomic E-state index is 10.9. The van der Waals surface area contributed by atoms with Crippen LogP contribution in [0.4, 0.5) is 0 Å². The summed E-state index contributed by atoms with van der Waals surface area (Å²) in [6.07, 6.45) is 0. The molecular weight excluding hydrogens is 256 g/mol. The Balaban J connectivity index is 2.55. The molecule has 0 saturated heterocycles. The largest absolute Gasteiger partial charge is 0.496 e. The van der Waals surface area contributed by atoms with Gasteiger partial charge in [0, 0.05) is 5.56 Å². The van der Waals surface area contributed by atoms with Crippen molar-refractivity contribution in [3.63, 3.8) is 0 Å². The second-order valence-corrected chi connectivity index (χ2v) is 5.04. The summed E-state index contributed by atoms with van der Waals surface area (Å²) in [7, 11) is 1.65. The lowest BCUT2D eigenvalue weighted by molar-refractivity contribution is 0.0690. The van der Waals surface area contributed by atoms with Gasteiger partial charge < -0.3 is 9.84 Å². The van der Waals surface area contributed by atoms with Crippen LogP contribution in [0.25, 0.3) is 11.3 Å². The number of benzene rings is 1. The molecule has 0 bridgehead atoms. The fourth-order valence-corrected chi connectivity index (χ4v) is 2.17. The summed E-state index contributed by atoms with van der Waals surface area (Å²) >= 11 is 0. The number of methoxy groups -OCH3 is 1. The number of aromatic amines is 1. The SMILES string of the molecule is COc1cc(C)c(-c2cc(C(=O)O)[nH]n2)cc1C(C)C. The van der Waals surface area contributed by atoms with Crippen LogP contribution in [0.1, 0.15) is 41.4 Å². The summed E-state index contributed by atoms with van der Waals surface area (Å²) in [5, 5.41) is 15.6. The standard InChI is InChI=1S/C15H18N2O3/c1-8(2)10-6-11(9(3)5-14(10)20-4)12-7-13(15(18)19)17-16-12/h5-8H,1-4H3,(H,16,17)(H,18,19). The first kappa shape index (κ1) is 14.1. The highest BCUT2D eigenvalue weighted by Gasteiger charge is 2.15. The van der Waals surface area contributed by atoms with Crippen molar-refractivity contribution in [2.45, 2.75) is 26.7 Å². The number of hydrogen-bond donors (Lipinski definition) is 2. The van der Waals surface area contributed by atoms with Gasteiger partial charge in [0.15, 0.2) is 0 Å². The highest BCUT2D eigenvalue weighted by atomic mass is 16.5. The van der Waals surface area contributed by atoms with E-state index in [4.69, 9.17) is 9.84 Å². The molecule has 5 heteroatoms. The van der Waals surface area contributed by atoms with E-state index < -0.39 is 5.97 Å². The minimum atomic E-state index is -1.01. The number of aromatic nitrogens is 2. The van der Waals surface area contributed by atoms with Gasteiger partial charge in [0.1, 0.15) is 11.4 Å². The van der Waals surface area contributed by atoms with Gasteiger partial charge in [-0.15, -0.1) is 0 Å². The van der Waals surface area contributed by atoms with Crippen LogP contribution in [0, 0.1) is 6.92 Å². The van der Waals surface area contributed by atoms with Gasteiger partial charge in [0.05, 0.1) is 12.8 Å². The third-order valence-electron chi connectivity index (χ3n) is 3.28. The minimum Gasteiger partial charge on any atom is -0.496 e. The topological polar surface area (TPSA) is 75.2 Å². The third kappa shape index (κ3) is 2.52. The van der Waals surface area contributed by atoms with Gasteiger partial charge in [-0.05, 0) is 42.2 Å². The van der Waals surface area contributed by atoms with E-state index in [2.05, 4.69) is 24.0 Å². The fourth-order valence-electron chi connectivity index (χ4n) is 2.17. The van der Waals surface area contributed by atoms with Gasteiger partial charge in [-0.3, -0.25) is 5.10 Å². The Morgan fingerprint density at radius 2 is 2.05 bits per heavy atom. The molecule has 2 rings (SSSR count). The predicted molar refractivity (Wildman–Crippen MR) is 76.4 cm³/mol. The molecule has 0 saturated carbocycles. The number of rotatable bonds is 4. The van der Waals surface area contributed by atoms with E-state index in [1.54, 1.807) is 13.2 Å². The summed E-state index contributed by atoms with van der Waals surface area (Å²) in [6, 6.07) is 5.52. The van der Waals surface area contributed by atoms with E-state index in [1.807, 2.05) is 19.1 Å². The Hall–Kier alpha value is -2.30. The molecule has 106 valence electrons. The van der Waals surface area contributed by atoms with Crippen molar-refractivity contribution in [1.29, 1.82) is 0 Å². The van der Waals surface area contributed by atoms with Crippen molar-refractivity contribution in [3.8, 4) is 17.0 Å². The molecule has 1 aromatic carbocycles. The number of carbonyl (C=O) groups is 1. The van der Waals surface area contributed by atoms with Crippen LogP contribution in [0.5, 0.6) is 5.75 Å². The molecule has 2 N–H and O–H groups in total. The average molecular weight is 274 g/mol. The molecule has 1 aromatic heterocycles. The second-order valence-electron chi connectivity index (χ2n) is 5.04. The van der Waals surface area contributed by atoms with E-state index in [1.165, 1.54) is 0 Å². The quantitative estimate of drug-likeness (QED) is 0.897. The van der Waals surface area contributed by atoms with Crippen LogP contribution in [0.15, 0.2) is 18.2 Å².